The van der Waals surface area contributed by atoms with E-state index in [1.54, 1.807) is 12.1 Å². The van der Waals surface area contributed by atoms with E-state index in [-0.39, 0.29) is 6.61 Å². The van der Waals surface area contributed by atoms with Crippen LogP contribution in [0, 0.1) is 0 Å². The van der Waals surface area contributed by atoms with Crippen molar-refractivity contribution in [3.05, 3.63) is 26.6 Å². The fraction of sp³-hybridized carbons (Fsp3) is 0.250. The van der Waals surface area contributed by atoms with E-state index in [2.05, 4.69) is 31.9 Å². The number of rotatable bonds is 3. The molecule has 0 heterocycles. The van der Waals surface area contributed by atoms with Crippen molar-refractivity contribution in [2.45, 2.75) is 6.61 Å². The number of hydrogen-bond acceptors (Lipinski definition) is 3. The molecule has 3 nitrogen and oxygen atoms in total. The van der Waals surface area contributed by atoms with Crippen LogP contribution in [0.5, 0.6) is 5.75 Å². The maximum Gasteiger partial charge on any atom is 0.186 e. The van der Waals surface area contributed by atoms with Crippen molar-refractivity contribution in [3.63, 3.8) is 0 Å². The van der Waals surface area contributed by atoms with Crippen molar-refractivity contribution >= 4 is 31.9 Å². The quantitative estimate of drug-likeness (QED) is 0.840. The molecule has 0 bridgehead atoms. The lowest BCUT2D eigenvalue weighted by atomic mass is 10.2. The van der Waals surface area contributed by atoms with E-state index < -0.39 is 6.79 Å². The minimum Gasteiger partial charge on any atom is -0.466 e. The highest BCUT2D eigenvalue weighted by Gasteiger charge is 2.08. The molecule has 5 heteroatoms. The van der Waals surface area contributed by atoms with E-state index >= 15 is 0 Å². The molecule has 0 fully saturated rings. The van der Waals surface area contributed by atoms with E-state index in [0.717, 1.165) is 4.47 Å². The van der Waals surface area contributed by atoms with Crippen LogP contribution in [0.15, 0.2) is 21.1 Å². The zero-order chi connectivity index (χ0) is 9.84. The number of benzene rings is 1. The van der Waals surface area contributed by atoms with Crippen molar-refractivity contribution in [2.24, 2.45) is 0 Å². The van der Waals surface area contributed by atoms with Gasteiger partial charge in [0.25, 0.3) is 0 Å². The SMILES string of the molecule is OCOc1c(Br)cc(Br)cc1CO. The van der Waals surface area contributed by atoms with Gasteiger partial charge in [-0.05, 0) is 28.1 Å². The molecule has 0 aliphatic rings. The maximum absolute atomic E-state index is 8.99. The second-order valence-corrected chi connectivity index (χ2v) is 4.08. The second kappa shape index (κ2) is 4.95. The van der Waals surface area contributed by atoms with Crippen LogP contribution in [0.2, 0.25) is 0 Å². The van der Waals surface area contributed by atoms with Crippen molar-refractivity contribution in [3.8, 4) is 5.75 Å². The molecule has 1 aromatic rings. The molecule has 0 atom stereocenters. The Bertz CT molecular complexity index is 302. The lowest BCUT2D eigenvalue weighted by molar-refractivity contribution is 0.0951. The maximum atomic E-state index is 8.99. The fourth-order valence-electron chi connectivity index (χ4n) is 0.957. The fourth-order valence-corrected chi connectivity index (χ4v) is 2.39. The molecular weight excluding hydrogens is 304 g/mol. The highest BCUT2D eigenvalue weighted by molar-refractivity contribution is 9.11. The molecule has 0 saturated heterocycles. The first-order valence-corrected chi connectivity index (χ1v) is 5.10. The van der Waals surface area contributed by atoms with Crippen LogP contribution in [0.4, 0.5) is 0 Å². The molecule has 1 rings (SSSR count). The van der Waals surface area contributed by atoms with Crippen molar-refractivity contribution < 1.29 is 14.9 Å². The molecule has 0 aliphatic carbocycles. The van der Waals surface area contributed by atoms with Gasteiger partial charge in [0.2, 0.25) is 0 Å². The Kier molecular flexibility index (Phi) is 4.18. The van der Waals surface area contributed by atoms with E-state index in [4.69, 9.17) is 14.9 Å². The number of ether oxygens (including phenoxy) is 1. The zero-order valence-electron chi connectivity index (χ0n) is 6.63. The summed E-state index contributed by atoms with van der Waals surface area (Å²) in [5.74, 6) is 0.466. The predicted molar refractivity (Wildman–Crippen MR) is 55.5 cm³/mol. The summed E-state index contributed by atoms with van der Waals surface area (Å²) in [6.45, 7) is -0.541. The highest BCUT2D eigenvalue weighted by atomic mass is 79.9. The van der Waals surface area contributed by atoms with Gasteiger partial charge in [0, 0.05) is 10.0 Å². The van der Waals surface area contributed by atoms with E-state index in [0.29, 0.717) is 15.8 Å². The van der Waals surface area contributed by atoms with Gasteiger partial charge >= 0.3 is 0 Å². The minimum atomic E-state index is -0.409. The Hall–Kier alpha value is -0.100. The molecule has 0 saturated carbocycles. The number of aliphatic hydroxyl groups is 2. The summed E-state index contributed by atoms with van der Waals surface area (Å²) in [4.78, 5) is 0. The van der Waals surface area contributed by atoms with Gasteiger partial charge in [-0.3, -0.25) is 0 Å². The third-order valence-corrected chi connectivity index (χ3v) is 2.51. The zero-order valence-corrected chi connectivity index (χ0v) is 9.80. The smallest absolute Gasteiger partial charge is 0.186 e. The van der Waals surface area contributed by atoms with Crippen molar-refractivity contribution in [1.29, 1.82) is 0 Å². The first-order valence-electron chi connectivity index (χ1n) is 3.51. The van der Waals surface area contributed by atoms with Gasteiger partial charge in [0.05, 0.1) is 11.1 Å². The molecule has 0 aliphatic heterocycles. The summed E-state index contributed by atoms with van der Waals surface area (Å²) < 4.78 is 6.48. The Morgan fingerprint density at radius 3 is 2.46 bits per heavy atom. The Morgan fingerprint density at radius 2 is 1.92 bits per heavy atom. The normalized spacial score (nSPS) is 10.2. The van der Waals surface area contributed by atoms with Gasteiger partial charge in [-0.2, -0.15) is 0 Å². The first kappa shape index (κ1) is 11.0. The summed E-state index contributed by atoms with van der Waals surface area (Å²) >= 11 is 6.54. The van der Waals surface area contributed by atoms with Crippen LogP contribution in [0.3, 0.4) is 0 Å². The van der Waals surface area contributed by atoms with Crippen LogP contribution in [0.1, 0.15) is 5.56 Å². The highest BCUT2D eigenvalue weighted by Crippen LogP contribution is 2.32. The second-order valence-electron chi connectivity index (χ2n) is 2.31. The van der Waals surface area contributed by atoms with Gasteiger partial charge < -0.3 is 14.9 Å². The summed E-state index contributed by atoms with van der Waals surface area (Å²) in [5, 5.41) is 17.6. The molecule has 2 N–H and O–H groups in total. The summed E-state index contributed by atoms with van der Waals surface area (Å²) in [6, 6.07) is 3.51. The molecule has 13 heavy (non-hydrogen) atoms. The third kappa shape index (κ3) is 2.67. The number of aliphatic hydroxyl groups excluding tert-OH is 2. The summed E-state index contributed by atoms with van der Waals surface area (Å²) in [7, 11) is 0. The standard InChI is InChI=1S/C8H8Br2O3/c9-6-1-5(3-11)8(13-4-12)7(10)2-6/h1-2,11-12H,3-4H2. The lowest BCUT2D eigenvalue weighted by Crippen LogP contribution is -1.99. The van der Waals surface area contributed by atoms with Crippen LogP contribution in [-0.4, -0.2) is 17.0 Å². The Labute approximate surface area is 92.6 Å². The van der Waals surface area contributed by atoms with Crippen molar-refractivity contribution in [1.82, 2.24) is 0 Å². The Balaban J connectivity index is 3.13. The largest absolute Gasteiger partial charge is 0.466 e. The van der Waals surface area contributed by atoms with Crippen LogP contribution in [-0.2, 0) is 6.61 Å². The predicted octanol–water partition coefficient (Wildman–Crippen LogP) is 2.03. The van der Waals surface area contributed by atoms with Crippen LogP contribution >= 0.6 is 31.9 Å². The average molecular weight is 312 g/mol. The van der Waals surface area contributed by atoms with Gasteiger partial charge in [-0.1, -0.05) is 15.9 Å². The molecule has 0 aromatic heterocycles. The summed E-state index contributed by atoms with van der Waals surface area (Å²) in [5.41, 5.74) is 0.621. The van der Waals surface area contributed by atoms with Gasteiger partial charge in [0.15, 0.2) is 6.79 Å². The van der Waals surface area contributed by atoms with E-state index in [1.807, 2.05) is 0 Å². The molecule has 72 valence electrons. The van der Waals surface area contributed by atoms with Gasteiger partial charge in [-0.15, -0.1) is 0 Å². The molecule has 0 spiro atoms. The molecule has 0 radical (unpaired) electrons. The van der Waals surface area contributed by atoms with Crippen LogP contribution in [0.25, 0.3) is 0 Å². The summed E-state index contributed by atoms with van der Waals surface area (Å²) in [6.07, 6.45) is 0. The Morgan fingerprint density at radius 1 is 1.23 bits per heavy atom. The molecule has 0 amide bonds. The molecular formula is C8H8Br2O3. The average Bonchev–Trinajstić information content (AvgIpc) is 2.09. The number of hydrogen-bond donors (Lipinski definition) is 2. The van der Waals surface area contributed by atoms with E-state index in [9.17, 15) is 0 Å². The molecule has 0 unspecified atom stereocenters. The van der Waals surface area contributed by atoms with Gasteiger partial charge in [0.1, 0.15) is 5.75 Å². The van der Waals surface area contributed by atoms with Gasteiger partial charge in [-0.25, -0.2) is 0 Å². The van der Waals surface area contributed by atoms with Crippen molar-refractivity contribution in [2.75, 3.05) is 6.79 Å². The number of halogens is 2. The monoisotopic (exact) mass is 310 g/mol. The molecule has 1 aromatic carbocycles. The third-order valence-electron chi connectivity index (χ3n) is 1.46. The van der Waals surface area contributed by atoms with Crippen LogP contribution < -0.4 is 4.74 Å². The topological polar surface area (TPSA) is 49.7 Å². The lowest BCUT2D eigenvalue weighted by Gasteiger charge is -2.10. The van der Waals surface area contributed by atoms with E-state index in [1.165, 1.54) is 0 Å². The first-order chi connectivity index (χ1) is 6.19. The minimum absolute atomic E-state index is 0.132.